The molecule has 0 fully saturated rings. The maximum absolute atomic E-state index is 12.5. The number of hydrogen-bond donors (Lipinski definition) is 1. The molecule has 0 saturated carbocycles. The van der Waals surface area contributed by atoms with Crippen molar-refractivity contribution in [2.75, 3.05) is 0 Å². The van der Waals surface area contributed by atoms with Crippen molar-refractivity contribution >= 4 is 15.7 Å². The summed E-state index contributed by atoms with van der Waals surface area (Å²) < 4.78 is 30.4. The second-order valence-electron chi connectivity index (χ2n) is 6.60. The van der Waals surface area contributed by atoms with Crippen LogP contribution in [0.15, 0.2) is 76.0 Å². The van der Waals surface area contributed by atoms with Gasteiger partial charge in [0.2, 0.25) is 0 Å². The Morgan fingerprint density at radius 1 is 1.00 bits per heavy atom. The molecular formula is C21H19NO4S. The molecule has 0 unspecified atom stereocenters. The lowest BCUT2D eigenvalue weighted by atomic mass is 10.1. The zero-order valence-electron chi connectivity index (χ0n) is 14.6. The largest absolute Gasteiger partial charge is 0.455 e. The molecule has 1 N–H and O–H groups in total. The number of carbonyl (C=O) groups is 1. The smallest absolute Gasteiger partial charge is 0.287 e. The van der Waals surface area contributed by atoms with Crippen molar-refractivity contribution in [2.24, 2.45) is 0 Å². The number of nitrogens with one attached hydrogen (secondary N) is 1. The van der Waals surface area contributed by atoms with Gasteiger partial charge in [-0.1, -0.05) is 42.5 Å². The van der Waals surface area contributed by atoms with Crippen LogP contribution in [0, 0.1) is 0 Å². The highest BCUT2D eigenvalue weighted by Gasteiger charge is 2.25. The lowest BCUT2D eigenvalue weighted by Gasteiger charge is -2.12. The number of furan rings is 1. The quantitative estimate of drug-likeness (QED) is 0.732. The second kappa shape index (κ2) is 7.04. The first kappa shape index (κ1) is 17.5. The molecule has 3 aromatic rings. The fraction of sp³-hybridized carbons (Fsp3) is 0.190. The van der Waals surface area contributed by atoms with Gasteiger partial charge in [0.25, 0.3) is 5.91 Å². The average Bonchev–Trinajstić information content (AvgIpc) is 3.30. The maximum Gasteiger partial charge on any atom is 0.287 e. The Kier molecular flexibility index (Phi) is 4.58. The molecule has 1 heterocycles. The van der Waals surface area contributed by atoms with Crippen LogP contribution in [-0.4, -0.2) is 14.3 Å². The number of amides is 1. The summed E-state index contributed by atoms with van der Waals surface area (Å²) in [6.07, 6.45) is 1.78. The Bertz CT molecular complexity index is 1070. The van der Waals surface area contributed by atoms with Crippen molar-refractivity contribution in [2.45, 2.75) is 29.5 Å². The van der Waals surface area contributed by atoms with Crippen molar-refractivity contribution in [1.29, 1.82) is 0 Å². The predicted molar refractivity (Wildman–Crippen MR) is 101 cm³/mol. The van der Waals surface area contributed by atoms with Crippen LogP contribution in [0.4, 0.5) is 0 Å². The highest BCUT2D eigenvalue weighted by atomic mass is 32.2. The number of fused-ring (bicyclic) bond motifs is 1. The van der Waals surface area contributed by atoms with E-state index in [1.165, 1.54) is 17.7 Å². The molecule has 0 aliphatic heterocycles. The van der Waals surface area contributed by atoms with E-state index in [4.69, 9.17) is 4.42 Å². The Labute approximate surface area is 157 Å². The third-order valence-corrected chi connectivity index (χ3v) is 6.41. The number of aryl methyl sites for hydroxylation is 1. The van der Waals surface area contributed by atoms with Crippen LogP contribution in [0.1, 0.15) is 39.9 Å². The van der Waals surface area contributed by atoms with E-state index in [0.717, 1.165) is 18.4 Å². The first-order chi connectivity index (χ1) is 13.0. The molecule has 0 spiro atoms. The average molecular weight is 381 g/mol. The summed E-state index contributed by atoms with van der Waals surface area (Å²) in [4.78, 5) is 12.7. The number of carbonyl (C=O) groups excluding carboxylic acids is 1. The van der Waals surface area contributed by atoms with Gasteiger partial charge in [-0.2, -0.15) is 0 Å². The summed E-state index contributed by atoms with van der Waals surface area (Å²) in [5.41, 5.74) is 2.38. The summed E-state index contributed by atoms with van der Waals surface area (Å²) in [5, 5.41) is 2.98. The molecule has 4 rings (SSSR count). The van der Waals surface area contributed by atoms with E-state index in [2.05, 4.69) is 11.4 Å². The first-order valence-electron chi connectivity index (χ1n) is 8.78. The minimum absolute atomic E-state index is 0.0460. The minimum Gasteiger partial charge on any atom is -0.455 e. The van der Waals surface area contributed by atoms with E-state index in [-0.39, 0.29) is 34.1 Å². The van der Waals surface area contributed by atoms with E-state index in [1.54, 1.807) is 30.3 Å². The fourth-order valence-electron chi connectivity index (χ4n) is 3.41. The van der Waals surface area contributed by atoms with Crippen molar-refractivity contribution in [3.05, 3.63) is 89.4 Å². The highest BCUT2D eigenvalue weighted by Crippen LogP contribution is 2.31. The van der Waals surface area contributed by atoms with E-state index >= 15 is 0 Å². The molecule has 5 nitrogen and oxygen atoms in total. The number of rotatable bonds is 5. The van der Waals surface area contributed by atoms with Crippen molar-refractivity contribution in [1.82, 2.24) is 5.32 Å². The number of benzene rings is 2. The molecule has 1 amide bonds. The van der Waals surface area contributed by atoms with Crippen molar-refractivity contribution < 1.29 is 17.6 Å². The van der Waals surface area contributed by atoms with E-state index in [0.29, 0.717) is 0 Å². The normalized spacial score (nSPS) is 16.1. The molecule has 27 heavy (non-hydrogen) atoms. The highest BCUT2D eigenvalue weighted by molar-refractivity contribution is 7.90. The van der Waals surface area contributed by atoms with Crippen molar-refractivity contribution in [3.8, 4) is 0 Å². The third kappa shape index (κ3) is 3.66. The Hall–Kier alpha value is -2.86. The summed E-state index contributed by atoms with van der Waals surface area (Å²) in [6.45, 7) is 0. The second-order valence-corrected chi connectivity index (χ2v) is 8.59. The molecule has 0 saturated heterocycles. The standard InChI is InChI=1S/C21H19NO4S/c23-21(22-19-12-10-15-6-4-5-9-18(15)19)20-13-11-16(26-20)14-27(24,25)17-7-2-1-3-8-17/h1-9,11,13,19H,10,12,14H2,(H,22,23)/t19-/m0/s1. The molecule has 138 valence electrons. The van der Waals surface area contributed by atoms with Gasteiger partial charge < -0.3 is 9.73 Å². The molecule has 0 radical (unpaired) electrons. The third-order valence-electron chi connectivity index (χ3n) is 4.76. The maximum atomic E-state index is 12.5. The summed E-state index contributed by atoms with van der Waals surface area (Å²) in [7, 11) is -3.51. The minimum atomic E-state index is -3.51. The van der Waals surface area contributed by atoms with Gasteiger partial charge in [0.1, 0.15) is 11.5 Å². The lowest BCUT2D eigenvalue weighted by Crippen LogP contribution is -2.26. The fourth-order valence-corrected chi connectivity index (χ4v) is 4.68. The number of sulfone groups is 1. The van der Waals surface area contributed by atoms with Gasteiger partial charge in [-0.3, -0.25) is 4.79 Å². The van der Waals surface area contributed by atoms with Crippen LogP contribution in [0.2, 0.25) is 0 Å². The molecule has 2 aromatic carbocycles. The monoisotopic (exact) mass is 381 g/mol. The van der Waals surface area contributed by atoms with Gasteiger partial charge >= 0.3 is 0 Å². The van der Waals surface area contributed by atoms with Gasteiger partial charge in [-0.05, 0) is 48.2 Å². The van der Waals surface area contributed by atoms with Crippen LogP contribution in [-0.2, 0) is 22.0 Å². The van der Waals surface area contributed by atoms with E-state index < -0.39 is 9.84 Å². The summed E-state index contributed by atoms with van der Waals surface area (Å²) >= 11 is 0. The summed E-state index contributed by atoms with van der Waals surface area (Å²) in [5.74, 6) is -0.246. The number of hydrogen-bond acceptors (Lipinski definition) is 4. The van der Waals surface area contributed by atoms with Gasteiger partial charge in [-0.25, -0.2) is 8.42 Å². The topological polar surface area (TPSA) is 76.4 Å². The molecule has 1 aliphatic carbocycles. The van der Waals surface area contributed by atoms with Gasteiger partial charge in [0.15, 0.2) is 15.6 Å². The predicted octanol–water partition coefficient (Wildman–Crippen LogP) is 3.67. The zero-order chi connectivity index (χ0) is 18.9. The van der Waals surface area contributed by atoms with Crippen LogP contribution in [0.5, 0.6) is 0 Å². The zero-order valence-corrected chi connectivity index (χ0v) is 15.4. The molecular weight excluding hydrogens is 362 g/mol. The molecule has 6 heteroatoms. The van der Waals surface area contributed by atoms with Gasteiger partial charge in [-0.15, -0.1) is 0 Å². The summed E-state index contributed by atoms with van der Waals surface area (Å²) in [6, 6.07) is 19.3. The lowest BCUT2D eigenvalue weighted by molar-refractivity contribution is 0.0907. The Morgan fingerprint density at radius 2 is 1.74 bits per heavy atom. The van der Waals surface area contributed by atoms with Crippen LogP contribution >= 0.6 is 0 Å². The van der Waals surface area contributed by atoms with Crippen LogP contribution in [0.3, 0.4) is 0 Å². The SMILES string of the molecule is O=C(N[C@H]1CCc2ccccc21)c1ccc(CS(=O)(=O)c2ccccc2)o1. The Balaban J connectivity index is 1.46. The van der Waals surface area contributed by atoms with E-state index in [1.807, 2.05) is 18.2 Å². The van der Waals surface area contributed by atoms with Crippen LogP contribution in [0.25, 0.3) is 0 Å². The van der Waals surface area contributed by atoms with Crippen molar-refractivity contribution in [3.63, 3.8) is 0 Å². The van der Waals surface area contributed by atoms with Gasteiger partial charge in [0.05, 0.1) is 10.9 Å². The van der Waals surface area contributed by atoms with E-state index in [9.17, 15) is 13.2 Å². The molecule has 1 aromatic heterocycles. The van der Waals surface area contributed by atoms with Crippen LogP contribution < -0.4 is 5.32 Å². The molecule has 1 aliphatic rings. The molecule has 0 bridgehead atoms. The Morgan fingerprint density at radius 3 is 2.56 bits per heavy atom. The van der Waals surface area contributed by atoms with Gasteiger partial charge in [0, 0.05) is 0 Å². The molecule has 1 atom stereocenters. The first-order valence-corrected chi connectivity index (χ1v) is 10.4.